The van der Waals surface area contributed by atoms with E-state index in [4.69, 9.17) is 69.6 Å². The molecule has 5 aromatic rings. The van der Waals surface area contributed by atoms with Crippen LogP contribution in [0.25, 0.3) is 0 Å². The number of anilines is 3. The summed E-state index contributed by atoms with van der Waals surface area (Å²) < 4.78 is 0. The van der Waals surface area contributed by atoms with Gasteiger partial charge in [0.2, 0.25) is 0 Å². The van der Waals surface area contributed by atoms with Gasteiger partial charge in [-0.15, -0.1) is 0 Å². The number of benzene rings is 5. The molecule has 338 valence electrons. The molecule has 9 N–H and O–H groups in total. The Kier molecular flexibility index (Phi) is 20.1. The van der Waals surface area contributed by atoms with Crippen molar-refractivity contribution in [2.75, 3.05) is 22.5 Å². The number of aromatic hydroxyl groups is 3. The smallest absolute Gasteiger partial charge is 0.319 e. The molecule has 0 saturated heterocycles. The minimum atomic E-state index is -0.452. The Bertz CT molecular complexity index is 2360. The van der Waals surface area contributed by atoms with Crippen molar-refractivity contribution in [1.82, 2.24) is 16.0 Å². The molecule has 0 atom stereocenters. The van der Waals surface area contributed by atoms with Crippen LogP contribution in [0.5, 0.6) is 17.2 Å². The van der Waals surface area contributed by atoms with Gasteiger partial charge in [0, 0.05) is 33.7 Å². The fourth-order valence-electron chi connectivity index (χ4n) is 6.10. The van der Waals surface area contributed by atoms with Crippen molar-refractivity contribution in [3.8, 4) is 17.2 Å². The lowest BCUT2D eigenvalue weighted by Crippen LogP contribution is -2.47. The maximum absolute atomic E-state index is 12.1. The number of halogens is 6. The van der Waals surface area contributed by atoms with Crippen molar-refractivity contribution in [3.63, 3.8) is 0 Å². The van der Waals surface area contributed by atoms with E-state index in [0.717, 1.165) is 29.5 Å². The van der Waals surface area contributed by atoms with E-state index in [2.05, 4.69) is 52.7 Å². The van der Waals surface area contributed by atoms with Crippen molar-refractivity contribution in [2.24, 2.45) is 5.41 Å². The second-order valence-corrected chi connectivity index (χ2v) is 18.4. The van der Waals surface area contributed by atoms with Gasteiger partial charge in [-0.2, -0.15) is 0 Å². The largest absolute Gasteiger partial charge is 0.504 e. The lowest BCUT2D eigenvalue weighted by molar-refractivity contribution is 0.220. The van der Waals surface area contributed by atoms with E-state index < -0.39 is 18.1 Å². The number of nitrogens with one attached hydrogen (secondary N) is 6. The summed E-state index contributed by atoms with van der Waals surface area (Å²) in [6.07, 6.45) is 1.52. The summed E-state index contributed by atoms with van der Waals surface area (Å²) in [4.78, 5) is 35.7. The maximum Gasteiger partial charge on any atom is 0.319 e. The van der Waals surface area contributed by atoms with Gasteiger partial charge in [-0.3, -0.25) is 0 Å². The molecule has 0 radical (unpaired) electrons. The number of urea groups is 3. The Morgan fingerprint density at radius 1 is 0.556 bits per heavy atom. The number of carbonyl (C=O) groups excluding carboxylic acids is 3. The zero-order valence-corrected chi connectivity index (χ0v) is 39.9. The van der Waals surface area contributed by atoms with E-state index in [-0.39, 0.29) is 60.3 Å². The Labute approximate surface area is 397 Å². The Morgan fingerprint density at radius 3 is 1.41 bits per heavy atom. The Balaban J connectivity index is 0.000000251. The van der Waals surface area contributed by atoms with Crippen molar-refractivity contribution in [3.05, 3.63) is 138 Å². The van der Waals surface area contributed by atoms with Gasteiger partial charge in [-0.1, -0.05) is 145 Å². The third kappa shape index (κ3) is 18.7. The first-order valence-electron chi connectivity index (χ1n) is 19.2. The highest BCUT2D eigenvalue weighted by molar-refractivity contribution is 6.37. The highest BCUT2D eigenvalue weighted by Gasteiger charge is 2.27. The first-order valence-corrected chi connectivity index (χ1v) is 21.5. The summed E-state index contributed by atoms with van der Waals surface area (Å²) in [7, 11) is 0. The fraction of sp³-hybridized carbons (Fsp3) is 0.267. The molecule has 6 amide bonds. The molecule has 0 aromatic heterocycles. The average molecular weight is 984 g/mol. The predicted molar refractivity (Wildman–Crippen MR) is 259 cm³/mol. The van der Waals surface area contributed by atoms with Gasteiger partial charge >= 0.3 is 18.1 Å². The third-order valence-corrected chi connectivity index (χ3v) is 10.0. The van der Waals surface area contributed by atoms with E-state index in [1.807, 2.05) is 75.4 Å². The lowest BCUT2D eigenvalue weighted by Gasteiger charge is -2.33. The number of rotatable bonds is 10. The van der Waals surface area contributed by atoms with Crippen molar-refractivity contribution >= 4 is 105 Å². The second-order valence-electron chi connectivity index (χ2n) is 15.9. The monoisotopic (exact) mass is 980 g/mol. The van der Waals surface area contributed by atoms with Crippen molar-refractivity contribution < 1.29 is 29.7 Å². The quantitative estimate of drug-likeness (QED) is 0.0627. The van der Waals surface area contributed by atoms with Crippen molar-refractivity contribution in [1.29, 1.82) is 0 Å². The maximum atomic E-state index is 12.1. The molecule has 5 aromatic carbocycles. The molecule has 0 saturated carbocycles. The van der Waals surface area contributed by atoms with E-state index in [9.17, 15) is 29.7 Å². The van der Waals surface area contributed by atoms with Gasteiger partial charge < -0.3 is 47.2 Å². The lowest BCUT2D eigenvalue weighted by atomic mass is 9.82. The zero-order valence-electron chi connectivity index (χ0n) is 35.3. The Morgan fingerprint density at radius 2 is 0.968 bits per heavy atom. The molecule has 0 aliphatic heterocycles. The van der Waals surface area contributed by atoms with Gasteiger partial charge in [-0.25, -0.2) is 14.4 Å². The molecule has 0 aliphatic carbocycles. The summed E-state index contributed by atoms with van der Waals surface area (Å²) in [6.45, 7) is 13.0. The van der Waals surface area contributed by atoms with E-state index in [1.54, 1.807) is 0 Å². The average Bonchev–Trinajstić information content (AvgIpc) is 3.17. The molecule has 0 heterocycles. The first-order chi connectivity index (χ1) is 29.4. The van der Waals surface area contributed by atoms with Crippen LogP contribution in [0, 0.1) is 12.3 Å². The summed E-state index contributed by atoms with van der Waals surface area (Å²) in [6, 6.07) is 24.8. The first kappa shape index (κ1) is 52.4. The highest BCUT2D eigenvalue weighted by Crippen LogP contribution is 2.37. The summed E-state index contributed by atoms with van der Waals surface area (Å²) >= 11 is 34.9. The summed E-state index contributed by atoms with van der Waals surface area (Å²) in [5.74, 6) is -0.628. The third-order valence-electron chi connectivity index (χ3n) is 8.50. The number of carbonyl (C=O) groups is 3. The molecule has 63 heavy (non-hydrogen) atoms. The van der Waals surface area contributed by atoms with E-state index in [1.165, 1.54) is 36.4 Å². The molecule has 0 spiro atoms. The Hall–Kier alpha value is -4.95. The van der Waals surface area contributed by atoms with Gasteiger partial charge in [0.15, 0.2) is 17.2 Å². The van der Waals surface area contributed by atoms with Crippen LogP contribution in [-0.4, -0.2) is 45.5 Å². The highest BCUT2D eigenvalue weighted by atomic mass is 35.5. The van der Waals surface area contributed by atoms with Crippen LogP contribution in [-0.2, 0) is 13.0 Å². The van der Waals surface area contributed by atoms with E-state index >= 15 is 0 Å². The number of amides is 6. The van der Waals surface area contributed by atoms with Gasteiger partial charge in [-0.05, 0) is 92.1 Å². The predicted octanol–water partition coefficient (Wildman–Crippen LogP) is 13.4. The molecular weight excluding hydrogens is 933 g/mol. The van der Waals surface area contributed by atoms with Gasteiger partial charge in [0.05, 0.1) is 32.1 Å². The number of phenolic OH excluding ortho intramolecular Hbond substituents is 3. The molecule has 5 rings (SSSR count). The molecule has 12 nitrogen and oxygen atoms in total. The second kappa shape index (κ2) is 24.2. The van der Waals surface area contributed by atoms with Gasteiger partial charge in [0.25, 0.3) is 0 Å². The van der Waals surface area contributed by atoms with Crippen LogP contribution in [0.4, 0.5) is 31.4 Å². The molecular formula is C45H50Cl6N6O6. The fourth-order valence-corrected chi connectivity index (χ4v) is 7.58. The number of phenols is 3. The van der Waals surface area contributed by atoms with Crippen LogP contribution in [0.1, 0.15) is 57.7 Å². The summed E-state index contributed by atoms with van der Waals surface area (Å²) in [5, 5.41) is 46.5. The van der Waals surface area contributed by atoms with Gasteiger partial charge in [0.1, 0.15) is 0 Å². The zero-order chi connectivity index (χ0) is 47.1. The summed E-state index contributed by atoms with van der Waals surface area (Å²) in [5.41, 5.74) is 3.44. The molecule has 0 aliphatic rings. The molecule has 18 heteroatoms. The van der Waals surface area contributed by atoms with Crippen molar-refractivity contribution in [2.45, 2.75) is 66.5 Å². The SMILES string of the molecule is CC(C)(C)CC(C)(C)NC(=O)Nc1cc(Cl)cc(Cl)c1O.Cc1ccccc1CNC(=O)Nc1cc(Cl)cc(Cl)c1O.O=C(NCCc1ccccc1)Nc1cc(Cl)cc(Cl)c1O. The number of hydrogen-bond donors (Lipinski definition) is 9. The van der Waals surface area contributed by atoms with E-state index in [0.29, 0.717) is 28.2 Å². The molecule has 0 bridgehead atoms. The molecule has 0 fully saturated rings. The van der Waals surface area contributed by atoms with Crippen LogP contribution in [0.2, 0.25) is 30.1 Å². The number of hydrogen-bond acceptors (Lipinski definition) is 6. The normalized spacial score (nSPS) is 10.9. The van der Waals surface area contributed by atoms with Crippen LogP contribution >= 0.6 is 69.6 Å². The van der Waals surface area contributed by atoms with Crippen LogP contribution in [0.3, 0.4) is 0 Å². The van der Waals surface area contributed by atoms with Crippen LogP contribution < -0.4 is 31.9 Å². The minimum absolute atomic E-state index is 0.0803. The van der Waals surface area contributed by atoms with Crippen LogP contribution in [0.15, 0.2) is 91.0 Å². The standard InChI is InChI=1S/2C15H14Cl2N2O2.C15H22Cl2N2O2/c1-9-4-2-3-5-10(9)8-18-15(21)19-13-7-11(16)6-12(17)14(13)20;16-11-8-12(17)14(20)13(9-11)19-15(21)18-7-6-10-4-2-1-3-5-10;1-14(2,3)8-15(4,5)19-13(21)18-11-7-9(16)6-10(17)12(11)20/h2-7,20H,8H2,1H3,(H2,18,19,21);1-5,8-9,20H,6-7H2,(H2,18,19,21);6-7,20H,8H2,1-5H3,(H2,18,19,21). The minimum Gasteiger partial charge on any atom is -0.504 e. The number of aryl methyl sites for hydroxylation is 1. The molecule has 0 unspecified atom stereocenters. The topological polar surface area (TPSA) is 184 Å².